The highest BCUT2D eigenvalue weighted by atomic mass is 16.6. The molecular weight excluding hydrogens is 725 g/mol. The molecule has 0 amide bonds. The molecule has 0 saturated heterocycles. The largest absolute Gasteiger partial charge is 0.487 e. The normalized spacial score (nSPS) is 13.9. The van der Waals surface area contributed by atoms with Gasteiger partial charge in [0.1, 0.15) is 33.0 Å². The van der Waals surface area contributed by atoms with Gasteiger partial charge in [-0.2, -0.15) is 0 Å². The number of ketones is 1. The number of hydrogen-bond acceptors (Lipinski definition) is 10. The minimum absolute atomic E-state index is 0.0123. The maximum atomic E-state index is 12.9. The number of carbonyl (C=O) groups excluding carboxylic acids is 2. The fourth-order valence-electron chi connectivity index (χ4n) is 6.16. The van der Waals surface area contributed by atoms with Crippen LogP contribution in [0.1, 0.15) is 43.0 Å². The maximum absolute atomic E-state index is 12.9. The third kappa shape index (κ3) is 11.2. The summed E-state index contributed by atoms with van der Waals surface area (Å²) in [7, 11) is 0. The van der Waals surface area contributed by atoms with Crippen molar-refractivity contribution >= 4 is 22.5 Å². The lowest BCUT2D eigenvalue weighted by Gasteiger charge is -2.17. The molecule has 0 N–H and O–H groups in total. The first-order chi connectivity index (χ1) is 28.1. The van der Waals surface area contributed by atoms with E-state index in [4.69, 9.17) is 37.9 Å². The van der Waals surface area contributed by atoms with Gasteiger partial charge >= 0.3 is 5.97 Å². The van der Waals surface area contributed by atoms with Gasteiger partial charge in [-0.3, -0.25) is 4.79 Å². The Labute approximate surface area is 331 Å². The van der Waals surface area contributed by atoms with E-state index in [2.05, 4.69) is 30.3 Å². The number of benzene rings is 6. The fraction of sp³-hybridized carbons (Fsp3) is 0.234. The molecule has 1 aliphatic rings. The lowest BCUT2D eigenvalue weighted by atomic mass is 10.0. The lowest BCUT2D eigenvalue weighted by molar-refractivity contribution is 0.0471. The van der Waals surface area contributed by atoms with Crippen LogP contribution in [-0.2, 0) is 38.8 Å². The first kappa shape index (κ1) is 39.1. The molecular formula is C47H44O10. The van der Waals surface area contributed by atoms with E-state index >= 15 is 0 Å². The van der Waals surface area contributed by atoms with Crippen molar-refractivity contribution in [3.63, 3.8) is 0 Å². The van der Waals surface area contributed by atoms with Crippen LogP contribution >= 0.6 is 0 Å². The first-order valence-corrected chi connectivity index (χ1v) is 18.9. The van der Waals surface area contributed by atoms with Crippen molar-refractivity contribution in [1.82, 2.24) is 0 Å². The first-order valence-electron chi connectivity index (χ1n) is 18.9. The van der Waals surface area contributed by atoms with Crippen LogP contribution in [0.3, 0.4) is 0 Å². The summed E-state index contributed by atoms with van der Waals surface area (Å²) < 4.78 is 47.4. The zero-order valence-corrected chi connectivity index (χ0v) is 31.6. The van der Waals surface area contributed by atoms with Crippen molar-refractivity contribution in [3.8, 4) is 23.0 Å². The maximum Gasteiger partial charge on any atom is 0.338 e. The molecule has 0 aromatic heterocycles. The number of fused-ring (bicyclic) bond motifs is 3. The Balaban J connectivity index is 0.891. The summed E-state index contributed by atoms with van der Waals surface area (Å²) in [5, 5.41) is 2.39. The summed E-state index contributed by atoms with van der Waals surface area (Å²) in [6.45, 7) is 3.40. The van der Waals surface area contributed by atoms with Gasteiger partial charge in [-0.1, -0.05) is 91.0 Å². The van der Waals surface area contributed by atoms with Crippen LogP contribution in [-0.4, -0.2) is 64.6 Å². The monoisotopic (exact) mass is 768 g/mol. The molecule has 1 heterocycles. The smallest absolute Gasteiger partial charge is 0.338 e. The second kappa shape index (κ2) is 20.1. The van der Waals surface area contributed by atoms with E-state index in [9.17, 15) is 9.59 Å². The molecule has 10 heteroatoms. The Morgan fingerprint density at radius 1 is 0.421 bits per heavy atom. The zero-order chi connectivity index (χ0) is 39.1. The van der Waals surface area contributed by atoms with Gasteiger partial charge < -0.3 is 37.9 Å². The minimum atomic E-state index is -0.508. The molecule has 0 atom stereocenters. The lowest BCUT2D eigenvalue weighted by Crippen LogP contribution is -2.15. The van der Waals surface area contributed by atoms with Gasteiger partial charge in [0, 0.05) is 11.1 Å². The molecule has 10 nitrogen and oxygen atoms in total. The number of ether oxygens (including phenoxy) is 8. The van der Waals surface area contributed by atoms with Crippen molar-refractivity contribution in [2.75, 3.05) is 52.9 Å². The second-order valence-corrected chi connectivity index (χ2v) is 13.2. The van der Waals surface area contributed by atoms with Crippen LogP contribution in [0.2, 0.25) is 0 Å². The number of rotatable bonds is 9. The molecule has 6 aromatic rings. The highest BCUT2D eigenvalue weighted by molar-refractivity contribution is 6.09. The summed E-state index contributed by atoms with van der Waals surface area (Å²) in [6.07, 6.45) is 0. The standard InChI is InChI=1S/C47H44O10/c48-46(38-7-2-1-3-8-38)39-14-16-40(17-15-39)47(49)57-33-36-12-19-43-45(30-36)56-27-23-51-20-24-53-42-18-11-35(29-44(42)55-26-22-50-21-25-54-43)32-52-31-34-10-13-37-6-4-5-9-41(37)28-34/h1-19,28-30H,20-27,31-33H2. The van der Waals surface area contributed by atoms with Gasteiger partial charge in [0.25, 0.3) is 0 Å². The van der Waals surface area contributed by atoms with Crippen LogP contribution in [0.4, 0.5) is 0 Å². The summed E-state index contributed by atoms with van der Waals surface area (Å²) in [4.78, 5) is 25.6. The molecule has 292 valence electrons. The van der Waals surface area contributed by atoms with Gasteiger partial charge in [-0.15, -0.1) is 0 Å². The van der Waals surface area contributed by atoms with Gasteiger partial charge in [0.15, 0.2) is 28.8 Å². The Kier molecular flexibility index (Phi) is 13.8. The van der Waals surface area contributed by atoms with Crippen molar-refractivity contribution in [1.29, 1.82) is 0 Å². The molecule has 0 saturated carbocycles. The van der Waals surface area contributed by atoms with Crippen molar-refractivity contribution < 1.29 is 47.5 Å². The van der Waals surface area contributed by atoms with Crippen molar-refractivity contribution in [3.05, 3.63) is 167 Å². The van der Waals surface area contributed by atoms with Crippen LogP contribution in [0.25, 0.3) is 10.8 Å². The van der Waals surface area contributed by atoms with E-state index in [0.29, 0.717) is 98.1 Å². The van der Waals surface area contributed by atoms with Crippen LogP contribution in [0, 0.1) is 0 Å². The Morgan fingerprint density at radius 3 is 1.51 bits per heavy atom. The Hall–Kier alpha value is -6.20. The number of hydrogen-bond donors (Lipinski definition) is 0. The Bertz CT molecular complexity index is 2240. The van der Waals surface area contributed by atoms with E-state index in [-0.39, 0.29) is 25.6 Å². The average molecular weight is 769 g/mol. The summed E-state index contributed by atoms with van der Waals surface area (Å²) >= 11 is 0. The molecule has 7 rings (SSSR count). The third-order valence-electron chi connectivity index (χ3n) is 9.10. The highest BCUT2D eigenvalue weighted by Crippen LogP contribution is 2.31. The summed E-state index contributed by atoms with van der Waals surface area (Å²) in [5.74, 6) is 1.60. The van der Waals surface area contributed by atoms with Gasteiger partial charge in [0.05, 0.1) is 45.2 Å². The van der Waals surface area contributed by atoms with Gasteiger partial charge in [-0.05, 0) is 69.9 Å². The van der Waals surface area contributed by atoms with E-state index < -0.39 is 5.97 Å². The quantitative estimate of drug-likeness (QED) is 0.105. The average Bonchev–Trinajstić information content (AvgIpc) is 3.25. The molecule has 0 unspecified atom stereocenters. The van der Waals surface area contributed by atoms with Crippen molar-refractivity contribution in [2.45, 2.75) is 19.8 Å². The fourth-order valence-corrected chi connectivity index (χ4v) is 6.16. The Morgan fingerprint density at radius 2 is 0.895 bits per heavy atom. The van der Waals surface area contributed by atoms with Gasteiger partial charge in [0.2, 0.25) is 0 Å². The molecule has 0 aliphatic carbocycles. The number of carbonyl (C=O) groups is 2. The zero-order valence-electron chi connectivity index (χ0n) is 31.6. The van der Waals surface area contributed by atoms with Crippen LogP contribution in [0.15, 0.2) is 133 Å². The third-order valence-corrected chi connectivity index (χ3v) is 9.10. The predicted molar refractivity (Wildman–Crippen MR) is 214 cm³/mol. The van der Waals surface area contributed by atoms with E-state index in [1.807, 2.05) is 54.6 Å². The molecule has 0 bridgehead atoms. The van der Waals surface area contributed by atoms with Crippen LogP contribution < -0.4 is 18.9 Å². The van der Waals surface area contributed by atoms with Gasteiger partial charge in [-0.25, -0.2) is 4.79 Å². The predicted octanol–water partition coefficient (Wildman–Crippen LogP) is 8.41. The molecule has 0 fully saturated rings. The van der Waals surface area contributed by atoms with E-state index in [0.717, 1.165) is 11.1 Å². The van der Waals surface area contributed by atoms with E-state index in [1.54, 1.807) is 48.5 Å². The molecule has 6 aromatic carbocycles. The minimum Gasteiger partial charge on any atom is -0.487 e. The molecule has 57 heavy (non-hydrogen) atoms. The molecule has 0 radical (unpaired) electrons. The molecule has 0 spiro atoms. The summed E-state index contributed by atoms with van der Waals surface area (Å²) in [6, 6.07) is 41.2. The molecule has 1 aliphatic heterocycles. The topological polar surface area (TPSA) is 108 Å². The van der Waals surface area contributed by atoms with Crippen LogP contribution in [0.5, 0.6) is 23.0 Å². The highest BCUT2D eigenvalue weighted by Gasteiger charge is 2.14. The SMILES string of the molecule is O=C(OCc1ccc2c(c1)OCCOCCOc1ccc(COCc3ccc4ccccc4c3)cc1OCCOCCO2)c1ccc(C(=O)c2ccccc2)cc1. The van der Waals surface area contributed by atoms with Crippen molar-refractivity contribution in [2.24, 2.45) is 0 Å². The number of esters is 1. The second-order valence-electron chi connectivity index (χ2n) is 13.2. The van der Waals surface area contributed by atoms with E-state index in [1.165, 1.54) is 10.8 Å². The summed E-state index contributed by atoms with van der Waals surface area (Å²) in [5.41, 5.74) is 4.20.